The Morgan fingerprint density at radius 2 is 2.06 bits per heavy atom. The van der Waals surface area contributed by atoms with Crippen LogP contribution in [-0.4, -0.2) is 19.0 Å². The second-order valence-electron chi connectivity index (χ2n) is 3.70. The van der Waals surface area contributed by atoms with Crippen molar-refractivity contribution in [1.82, 2.24) is 10.6 Å². The quantitative estimate of drug-likeness (QED) is 0.838. The number of hydrogen-bond acceptors (Lipinski definition) is 2. The average Bonchev–Trinajstić information content (AvgIpc) is 2.31. The first kappa shape index (κ1) is 14.3. The summed E-state index contributed by atoms with van der Waals surface area (Å²) in [5, 5.41) is 6.90. The second-order valence-corrected chi connectivity index (χ2v) is 4.52. The maximum Gasteiger partial charge on any atom is 0.233 e. The number of carbonyl (C=O) groups excluding carboxylic acids is 1. The molecule has 0 aromatic heterocycles. The number of nitrogens with one attached hydrogen (secondary N) is 2. The normalized spacial score (nSPS) is 10.3. The van der Waals surface area contributed by atoms with Crippen LogP contribution in [0.4, 0.5) is 0 Å². The molecule has 94 valence electrons. The molecule has 0 heterocycles. The zero-order valence-electron chi connectivity index (χ0n) is 9.72. The van der Waals surface area contributed by atoms with Crippen molar-refractivity contribution >= 4 is 29.1 Å². The van der Waals surface area contributed by atoms with E-state index in [2.05, 4.69) is 10.6 Å². The van der Waals surface area contributed by atoms with Crippen molar-refractivity contribution in [2.45, 2.75) is 19.9 Å². The molecular formula is C12H16Cl2N2O. The Labute approximate surface area is 111 Å². The lowest BCUT2D eigenvalue weighted by atomic mass is 10.2. The van der Waals surface area contributed by atoms with E-state index in [0.29, 0.717) is 29.7 Å². The van der Waals surface area contributed by atoms with Gasteiger partial charge in [0.25, 0.3) is 0 Å². The molecule has 0 fully saturated rings. The highest BCUT2D eigenvalue weighted by Gasteiger charge is 2.01. The summed E-state index contributed by atoms with van der Waals surface area (Å²) in [5.41, 5.74) is 1.00. The highest BCUT2D eigenvalue weighted by atomic mass is 35.5. The van der Waals surface area contributed by atoms with Crippen LogP contribution in [0.2, 0.25) is 10.0 Å². The average molecular weight is 275 g/mol. The van der Waals surface area contributed by atoms with Crippen molar-refractivity contribution in [1.29, 1.82) is 0 Å². The minimum absolute atomic E-state index is 0.00640. The second kappa shape index (κ2) is 7.54. The maximum absolute atomic E-state index is 11.3. The third-order valence-electron chi connectivity index (χ3n) is 2.17. The number of rotatable bonds is 6. The monoisotopic (exact) mass is 274 g/mol. The van der Waals surface area contributed by atoms with Gasteiger partial charge < -0.3 is 10.6 Å². The predicted molar refractivity (Wildman–Crippen MR) is 71.5 cm³/mol. The Balaban J connectivity index is 2.30. The van der Waals surface area contributed by atoms with E-state index in [1.165, 1.54) is 0 Å². The number of hydrogen-bond donors (Lipinski definition) is 2. The molecule has 1 aromatic carbocycles. The van der Waals surface area contributed by atoms with Crippen LogP contribution >= 0.6 is 23.2 Å². The SMILES string of the molecule is CCCNC(=O)CNCc1ccc(Cl)c(Cl)c1. The van der Waals surface area contributed by atoms with E-state index in [1.54, 1.807) is 12.1 Å². The van der Waals surface area contributed by atoms with E-state index in [0.717, 1.165) is 12.0 Å². The molecule has 17 heavy (non-hydrogen) atoms. The van der Waals surface area contributed by atoms with Crippen molar-refractivity contribution < 1.29 is 4.79 Å². The molecule has 0 saturated heterocycles. The molecular weight excluding hydrogens is 259 g/mol. The van der Waals surface area contributed by atoms with Gasteiger partial charge in [-0.1, -0.05) is 36.2 Å². The molecule has 0 saturated carbocycles. The first-order chi connectivity index (χ1) is 8.13. The van der Waals surface area contributed by atoms with Crippen molar-refractivity contribution in [3.63, 3.8) is 0 Å². The van der Waals surface area contributed by atoms with Gasteiger partial charge in [-0.15, -0.1) is 0 Å². The van der Waals surface area contributed by atoms with Gasteiger partial charge in [0.1, 0.15) is 0 Å². The molecule has 5 heteroatoms. The van der Waals surface area contributed by atoms with Crippen LogP contribution < -0.4 is 10.6 Å². The van der Waals surface area contributed by atoms with Crippen LogP contribution in [-0.2, 0) is 11.3 Å². The molecule has 1 aromatic rings. The Morgan fingerprint density at radius 3 is 2.71 bits per heavy atom. The molecule has 2 N–H and O–H groups in total. The summed E-state index contributed by atoms with van der Waals surface area (Å²) in [7, 11) is 0. The number of benzene rings is 1. The Bertz CT molecular complexity index is 383. The fourth-order valence-corrected chi connectivity index (χ4v) is 1.62. The van der Waals surface area contributed by atoms with Gasteiger partial charge in [0.2, 0.25) is 5.91 Å². The number of carbonyl (C=O) groups is 1. The van der Waals surface area contributed by atoms with Crippen molar-refractivity contribution in [3.05, 3.63) is 33.8 Å². The van der Waals surface area contributed by atoms with Gasteiger partial charge in [0, 0.05) is 13.1 Å². The van der Waals surface area contributed by atoms with E-state index in [-0.39, 0.29) is 5.91 Å². The maximum atomic E-state index is 11.3. The van der Waals surface area contributed by atoms with Crippen molar-refractivity contribution in [2.24, 2.45) is 0 Å². The molecule has 0 spiro atoms. The van der Waals surface area contributed by atoms with E-state index >= 15 is 0 Å². The number of amides is 1. The Morgan fingerprint density at radius 1 is 1.29 bits per heavy atom. The Kier molecular flexibility index (Phi) is 6.34. The molecule has 0 aliphatic heterocycles. The zero-order chi connectivity index (χ0) is 12.7. The largest absolute Gasteiger partial charge is 0.355 e. The highest BCUT2D eigenvalue weighted by Crippen LogP contribution is 2.22. The molecule has 0 aliphatic rings. The summed E-state index contributed by atoms with van der Waals surface area (Å²) in [6.45, 7) is 3.63. The number of halogens is 2. The third kappa shape index (κ3) is 5.39. The fourth-order valence-electron chi connectivity index (χ4n) is 1.30. The lowest BCUT2D eigenvalue weighted by molar-refractivity contribution is -0.120. The van der Waals surface area contributed by atoms with Crippen LogP contribution in [0.25, 0.3) is 0 Å². The topological polar surface area (TPSA) is 41.1 Å². The summed E-state index contributed by atoms with van der Waals surface area (Å²) in [4.78, 5) is 11.3. The summed E-state index contributed by atoms with van der Waals surface area (Å²) in [5.74, 6) is 0.00640. The minimum Gasteiger partial charge on any atom is -0.355 e. The summed E-state index contributed by atoms with van der Waals surface area (Å²) >= 11 is 11.7. The minimum atomic E-state index is 0.00640. The van der Waals surface area contributed by atoms with E-state index in [1.807, 2.05) is 13.0 Å². The summed E-state index contributed by atoms with van der Waals surface area (Å²) < 4.78 is 0. The third-order valence-corrected chi connectivity index (χ3v) is 2.91. The van der Waals surface area contributed by atoms with Gasteiger partial charge >= 0.3 is 0 Å². The lowest BCUT2D eigenvalue weighted by Gasteiger charge is -2.06. The zero-order valence-corrected chi connectivity index (χ0v) is 11.2. The van der Waals surface area contributed by atoms with Gasteiger partial charge in [-0.05, 0) is 24.1 Å². The summed E-state index contributed by atoms with van der Waals surface area (Å²) in [6, 6.07) is 5.42. The molecule has 1 rings (SSSR count). The first-order valence-electron chi connectivity index (χ1n) is 5.54. The van der Waals surface area contributed by atoms with Crippen molar-refractivity contribution in [2.75, 3.05) is 13.1 Å². The summed E-state index contributed by atoms with van der Waals surface area (Å²) in [6.07, 6.45) is 0.943. The van der Waals surface area contributed by atoms with Gasteiger partial charge in [-0.2, -0.15) is 0 Å². The smallest absolute Gasteiger partial charge is 0.233 e. The van der Waals surface area contributed by atoms with Crippen LogP contribution in [0.1, 0.15) is 18.9 Å². The highest BCUT2D eigenvalue weighted by molar-refractivity contribution is 6.42. The molecule has 0 bridgehead atoms. The molecule has 0 atom stereocenters. The molecule has 1 amide bonds. The van der Waals surface area contributed by atoms with E-state index in [9.17, 15) is 4.79 Å². The van der Waals surface area contributed by atoms with E-state index in [4.69, 9.17) is 23.2 Å². The van der Waals surface area contributed by atoms with Gasteiger partial charge in [-0.3, -0.25) is 4.79 Å². The van der Waals surface area contributed by atoms with Crippen LogP contribution in [0.15, 0.2) is 18.2 Å². The van der Waals surface area contributed by atoms with Gasteiger partial charge in [-0.25, -0.2) is 0 Å². The van der Waals surface area contributed by atoms with Gasteiger partial charge in [0.05, 0.1) is 16.6 Å². The van der Waals surface area contributed by atoms with Crippen molar-refractivity contribution in [3.8, 4) is 0 Å². The molecule has 0 radical (unpaired) electrons. The fraction of sp³-hybridized carbons (Fsp3) is 0.417. The Hall–Kier alpha value is -0.770. The van der Waals surface area contributed by atoms with Crippen LogP contribution in [0.3, 0.4) is 0 Å². The molecule has 0 unspecified atom stereocenters. The van der Waals surface area contributed by atoms with Gasteiger partial charge in [0.15, 0.2) is 0 Å². The van der Waals surface area contributed by atoms with Crippen LogP contribution in [0, 0.1) is 0 Å². The first-order valence-corrected chi connectivity index (χ1v) is 6.30. The standard InChI is InChI=1S/C12H16Cl2N2O/c1-2-5-16-12(17)8-15-7-9-3-4-10(13)11(14)6-9/h3-4,6,15H,2,5,7-8H2,1H3,(H,16,17). The van der Waals surface area contributed by atoms with E-state index < -0.39 is 0 Å². The van der Waals surface area contributed by atoms with Crippen LogP contribution in [0.5, 0.6) is 0 Å². The predicted octanol–water partition coefficient (Wildman–Crippen LogP) is 2.61. The lowest BCUT2D eigenvalue weighted by Crippen LogP contribution is -2.33. The molecule has 0 aliphatic carbocycles. The molecule has 3 nitrogen and oxygen atoms in total.